The molecular weight excluding hydrogens is 337 g/mol. The smallest absolute Gasteiger partial charge is 0.418 e. The number of hydrogen-bond acceptors (Lipinski definition) is 3. The van der Waals surface area contributed by atoms with E-state index < -0.39 is 23.9 Å². The van der Waals surface area contributed by atoms with Crippen LogP contribution in [0.4, 0.5) is 23.7 Å². The fourth-order valence-electron chi connectivity index (χ4n) is 2.47. The normalized spacial score (nSPS) is 12.7. The molecule has 2 rings (SSSR count). The maximum absolute atomic E-state index is 12.9. The van der Waals surface area contributed by atoms with Gasteiger partial charge in [0, 0.05) is 12.1 Å². The van der Waals surface area contributed by atoms with Gasteiger partial charge in [-0.3, -0.25) is 0 Å². The molecule has 3 N–H and O–H groups in total. The van der Waals surface area contributed by atoms with Gasteiger partial charge in [-0.05, 0) is 38.5 Å². The van der Waals surface area contributed by atoms with Crippen LogP contribution >= 0.6 is 0 Å². The summed E-state index contributed by atoms with van der Waals surface area (Å²) >= 11 is 0. The van der Waals surface area contributed by atoms with Crippen LogP contribution in [-0.2, 0) is 6.18 Å². The molecule has 1 unspecified atom stereocenters. The van der Waals surface area contributed by atoms with Crippen LogP contribution in [0.2, 0.25) is 0 Å². The maximum Gasteiger partial charge on any atom is 0.418 e. The number of aliphatic hydroxyl groups is 1. The van der Waals surface area contributed by atoms with E-state index in [9.17, 15) is 23.1 Å². The highest BCUT2D eigenvalue weighted by Gasteiger charge is 2.33. The molecule has 0 radical (unpaired) electrons. The number of amides is 2. The number of aryl methyl sites for hydroxylation is 2. The first-order chi connectivity index (χ1) is 11.7. The van der Waals surface area contributed by atoms with E-state index in [4.69, 9.17) is 4.42 Å². The molecule has 0 saturated carbocycles. The van der Waals surface area contributed by atoms with Crippen molar-refractivity contribution in [3.05, 3.63) is 53.0 Å². The van der Waals surface area contributed by atoms with Crippen LogP contribution in [0.15, 0.2) is 34.7 Å². The van der Waals surface area contributed by atoms with Crippen molar-refractivity contribution in [2.75, 3.05) is 11.9 Å². The number of nitrogens with one attached hydrogen (secondary N) is 2. The quantitative estimate of drug-likeness (QED) is 0.753. The van der Waals surface area contributed by atoms with Crippen LogP contribution in [0.25, 0.3) is 0 Å². The second-order valence-corrected chi connectivity index (χ2v) is 5.60. The third kappa shape index (κ3) is 4.99. The number of benzene rings is 1. The predicted octanol–water partition coefficient (Wildman–Crippen LogP) is 4.16. The average molecular weight is 356 g/mol. The lowest BCUT2D eigenvalue weighted by molar-refractivity contribution is -0.136. The highest BCUT2D eigenvalue weighted by molar-refractivity contribution is 5.90. The highest BCUT2D eigenvalue weighted by atomic mass is 19.4. The van der Waals surface area contributed by atoms with Gasteiger partial charge in [-0.2, -0.15) is 13.2 Å². The fraction of sp³-hybridized carbons (Fsp3) is 0.353. The van der Waals surface area contributed by atoms with E-state index in [0.29, 0.717) is 17.1 Å². The fourth-order valence-corrected chi connectivity index (χ4v) is 2.47. The predicted molar refractivity (Wildman–Crippen MR) is 86.2 cm³/mol. The van der Waals surface area contributed by atoms with Gasteiger partial charge in [-0.25, -0.2) is 4.79 Å². The monoisotopic (exact) mass is 356 g/mol. The second kappa shape index (κ2) is 7.60. The summed E-state index contributed by atoms with van der Waals surface area (Å²) in [7, 11) is 0. The van der Waals surface area contributed by atoms with E-state index in [2.05, 4.69) is 10.6 Å². The average Bonchev–Trinajstić information content (AvgIpc) is 2.85. The molecule has 5 nitrogen and oxygen atoms in total. The molecule has 8 heteroatoms. The van der Waals surface area contributed by atoms with Crippen LogP contribution in [0.3, 0.4) is 0 Å². The van der Waals surface area contributed by atoms with Crippen molar-refractivity contribution in [3.8, 4) is 0 Å². The Balaban J connectivity index is 1.89. The molecule has 1 aromatic heterocycles. The zero-order valence-corrected chi connectivity index (χ0v) is 13.8. The van der Waals surface area contributed by atoms with Crippen LogP contribution in [0, 0.1) is 13.8 Å². The summed E-state index contributed by atoms with van der Waals surface area (Å²) < 4.78 is 43.9. The summed E-state index contributed by atoms with van der Waals surface area (Å²) in [6.07, 6.45) is -5.19. The third-order valence-electron chi connectivity index (χ3n) is 3.62. The van der Waals surface area contributed by atoms with Gasteiger partial charge in [-0.1, -0.05) is 12.1 Å². The summed E-state index contributed by atoms with van der Waals surface area (Å²) in [5.41, 5.74) is -0.619. The Morgan fingerprint density at radius 2 is 1.96 bits per heavy atom. The van der Waals surface area contributed by atoms with Crippen LogP contribution in [0.5, 0.6) is 0 Å². The van der Waals surface area contributed by atoms with E-state index >= 15 is 0 Å². The van der Waals surface area contributed by atoms with Crippen LogP contribution in [0.1, 0.15) is 35.2 Å². The van der Waals surface area contributed by atoms with Crippen LogP contribution < -0.4 is 10.6 Å². The van der Waals surface area contributed by atoms with Gasteiger partial charge in [0.15, 0.2) is 0 Å². The molecule has 0 aliphatic carbocycles. The lowest BCUT2D eigenvalue weighted by atomic mass is 10.1. The summed E-state index contributed by atoms with van der Waals surface area (Å²) in [5.74, 6) is 1.26. The van der Waals surface area contributed by atoms with Gasteiger partial charge in [0.1, 0.15) is 11.5 Å². The van der Waals surface area contributed by atoms with Gasteiger partial charge >= 0.3 is 12.2 Å². The molecule has 1 heterocycles. The van der Waals surface area contributed by atoms with Crippen molar-refractivity contribution in [1.29, 1.82) is 0 Å². The van der Waals surface area contributed by atoms with Crippen molar-refractivity contribution in [2.24, 2.45) is 0 Å². The number of hydrogen-bond donors (Lipinski definition) is 3. The summed E-state index contributed by atoms with van der Waals surface area (Å²) in [6, 6.07) is 5.65. The van der Waals surface area contributed by atoms with Crippen molar-refractivity contribution >= 4 is 11.7 Å². The standard InChI is InChI=1S/C17H19F3N2O3/c1-10-9-12(11(2)25-10)15(23)7-8-21-16(24)22-14-6-4-3-5-13(14)17(18,19)20/h3-6,9,15,23H,7-8H2,1-2H3,(H2,21,22,24). The minimum absolute atomic E-state index is 0.0881. The molecule has 0 fully saturated rings. The van der Waals surface area contributed by atoms with E-state index in [0.717, 1.165) is 6.07 Å². The molecular formula is C17H19F3N2O3. The Hall–Kier alpha value is -2.48. The Morgan fingerprint density at radius 3 is 2.56 bits per heavy atom. The van der Waals surface area contributed by atoms with E-state index in [1.807, 2.05) is 0 Å². The van der Waals surface area contributed by atoms with Gasteiger partial charge in [0.2, 0.25) is 0 Å². The lowest BCUT2D eigenvalue weighted by Gasteiger charge is -2.14. The van der Waals surface area contributed by atoms with Crippen molar-refractivity contribution in [1.82, 2.24) is 5.32 Å². The minimum Gasteiger partial charge on any atom is -0.466 e. The highest BCUT2D eigenvalue weighted by Crippen LogP contribution is 2.34. The van der Waals surface area contributed by atoms with Gasteiger partial charge in [-0.15, -0.1) is 0 Å². The second-order valence-electron chi connectivity index (χ2n) is 5.60. The summed E-state index contributed by atoms with van der Waals surface area (Å²) in [6.45, 7) is 3.57. The Bertz CT molecular complexity index is 741. The number of aliphatic hydroxyl groups excluding tert-OH is 1. The number of rotatable bonds is 5. The Labute approximate surface area is 142 Å². The number of anilines is 1. The first-order valence-corrected chi connectivity index (χ1v) is 7.64. The molecule has 25 heavy (non-hydrogen) atoms. The number of carbonyl (C=O) groups excluding carboxylic acids is 1. The zero-order valence-electron chi connectivity index (χ0n) is 13.8. The van der Waals surface area contributed by atoms with Crippen molar-refractivity contribution in [3.63, 3.8) is 0 Å². The Morgan fingerprint density at radius 1 is 1.28 bits per heavy atom. The van der Waals surface area contributed by atoms with Crippen molar-refractivity contribution in [2.45, 2.75) is 32.5 Å². The summed E-state index contributed by atoms with van der Waals surface area (Å²) in [5, 5.41) is 14.7. The van der Waals surface area contributed by atoms with Gasteiger partial charge < -0.3 is 20.2 Å². The lowest BCUT2D eigenvalue weighted by Crippen LogP contribution is -2.31. The van der Waals surface area contributed by atoms with E-state index in [-0.39, 0.29) is 18.7 Å². The van der Waals surface area contributed by atoms with E-state index in [1.54, 1.807) is 19.9 Å². The zero-order chi connectivity index (χ0) is 18.6. The molecule has 0 bridgehead atoms. The molecule has 2 aromatic rings. The number of carbonyl (C=O) groups is 1. The largest absolute Gasteiger partial charge is 0.466 e. The number of halogens is 3. The van der Waals surface area contributed by atoms with E-state index in [1.165, 1.54) is 18.2 Å². The number of para-hydroxylation sites is 1. The summed E-state index contributed by atoms with van der Waals surface area (Å²) in [4.78, 5) is 11.8. The molecule has 0 aliphatic heterocycles. The number of urea groups is 1. The van der Waals surface area contributed by atoms with Gasteiger partial charge in [0.25, 0.3) is 0 Å². The molecule has 0 saturated heterocycles. The van der Waals surface area contributed by atoms with Crippen molar-refractivity contribution < 1.29 is 27.5 Å². The molecule has 0 spiro atoms. The first kappa shape index (κ1) is 18.9. The molecule has 1 aromatic carbocycles. The Kier molecular flexibility index (Phi) is 5.73. The number of alkyl halides is 3. The van der Waals surface area contributed by atoms with Crippen LogP contribution in [-0.4, -0.2) is 17.7 Å². The number of furan rings is 1. The molecule has 2 amide bonds. The van der Waals surface area contributed by atoms with Gasteiger partial charge in [0.05, 0.1) is 17.4 Å². The SMILES string of the molecule is Cc1cc(C(O)CCNC(=O)Nc2ccccc2C(F)(F)F)c(C)o1. The molecule has 0 aliphatic rings. The minimum atomic E-state index is -4.56. The maximum atomic E-state index is 12.9. The molecule has 1 atom stereocenters. The topological polar surface area (TPSA) is 74.5 Å². The molecule has 136 valence electrons. The third-order valence-corrected chi connectivity index (χ3v) is 3.62. The first-order valence-electron chi connectivity index (χ1n) is 7.64.